The minimum absolute atomic E-state index is 0.556. The van der Waals surface area contributed by atoms with E-state index >= 15 is 0 Å². The van der Waals surface area contributed by atoms with Crippen molar-refractivity contribution in [3.8, 4) is 0 Å². The Bertz CT molecular complexity index is 355. The lowest BCUT2D eigenvalue weighted by Gasteiger charge is -2.38. The first-order chi connectivity index (χ1) is 7.22. The summed E-state index contributed by atoms with van der Waals surface area (Å²) in [5.41, 5.74) is 0. The van der Waals surface area contributed by atoms with Crippen LogP contribution in [0.1, 0.15) is 6.92 Å². The summed E-state index contributed by atoms with van der Waals surface area (Å²) in [6.07, 6.45) is 1.69. The smallest absolute Gasteiger partial charge is 0.143 e. The molecule has 82 valence electrons. The minimum atomic E-state index is 0.556. The van der Waals surface area contributed by atoms with Gasteiger partial charge < -0.3 is 10.2 Å². The Hall–Kier alpha value is -0.320. The summed E-state index contributed by atoms with van der Waals surface area (Å²) in [5, 5.41) is 3.93. The van der Waals surface area contributed by atoms with Gasteiger partial charge in [-0.05, 0) is 28.9 Å². The van der Waals surface area contributed by atoms with Gasteiger partial charge in [0.2, 0.25) is 0 Å². The molecule has 1 fully saturated rings. The monoisotopic (exact) mass is 289 g/mol. The average Bonchev–Trinajstić information content (AvgIpc) is 2.12. The number of nitrogens with one attached hydrogen (secondary N) is 1. The van der Waals surface area contributed by atoms with Crippen LogP contribution in [0.25, 0.3) is 0 Å². The Kier molecular flexibility index (Phi) is 3.49. The molecule has 2 rings (SSSR count). The van der Waals surface area contributed by atoms with Crippen LogP contribution in [0.3, 0.4) is 0 Å². The molecule has 0 aliphatic carbocycles. The molecular formula is C10H13BrClN3. The first kappa shape index (κ1) is 11.2. The van der Waals surface area contributed by atoms with Gasteiger partial charge in [0, 0.05) is 25.8 Å². The molecule has 0 bridgehead atoms. The molecule has 0 unspecified atom stereocenters. The fraction of sp³-hybridized carbons (Fsp3) is 0.500. The zero-order valence-electron chi connectivity index (χ0n) is 8.50. The van der Waals surface area contributed by atoms with E-state index in [4.69, 9.17) is 11.6 Å². The second-order valence-corrected chi connectivity index (χ2v) is 4.85. The Morgan fingerprint density at radius 1 is 1.67 bits per heavy atom. The van der Waals surface area contributed by atoms with Gasteiger partial charge in [0.25, 0.3) is 0 Å². The standard InChI is InChI=1S/C10H13BrClN3/c1-2-15(8-5-13-6-8)10-9(11)3-7(12)4-14-10/h3-4,8,13H,2,5-6H2,1H3. The third-order valence-electron chi connectivity index (χ3n) is 2.60. The summed E-state index contributed by atoms with van der Waals surface area (Å²) in [6, 6.07) is 2.44. The molecule has 1 N–H and O–H groups in total. The molecule has 0 atom stereocenters. The molecule has 15 heavy (non-hydrogen) atoms. The van der Waals surface area contributed by atoms with Crippen molar-refractivity contribution >= 4 is 33.3 Å². The summed E-state index contributed by atoms with van der Waals surface area (Å²) >= 11 is 9.37. The van der Waals surface area contributed by atoms with Gasteiger partial charge in [0.15, 0.2) is 0 Å². The topological polar surface area (TPSA) is 28.2 Å². The zero-order chi connectivity index (χ0) is 10.8. The minimum Gasteiger partial charge on any atom is -0.350 e. The van der Waals surface area contributed by atoms with E-state index in [2.05, 4.69) is 38.1 Å². The summed E-state index contributed by atoms with van der Waals surface area (Å²) < 4.78 is 0.962. The number of hydrogen-bond donors (Lipinski definition) is 1. The van der Waals surface area contributed by atoms with E-state index in [9.17, 15) is 0 Å². The van der Waals surface area contributed by atoms with Crippen molar-refractivity contribution in [2.45, 2.75) is 13.0 Å². The molecule has 0 amide bonds. The van der Waals surface area contributed by atoms with Crippen LogP contribution in [0, 0.1) is 0 Å². The highest BCUT2D eigenvalue weighted by atomic mass is 79.9. The largest absolute Gasteiger partial charge is 0.350 e. The van der Waals surface area contributed by atoms with Crippen LogP contribution < -0.4 is 10.2 Å². The van der Waals surface area contributed by atoms with E-state index in [0.717, 1.165) is 29.9 Å². The number of aromatic nitrogens is 1. The summed E-state index contributed by atoms with van der Waals surface area (Å²) in [5.74, 6) is 0.980. The second kappa shape index (κ2) is 4.68. The molecule has 1 aromatic rings. The summed E-state index contributed by atoms with van der Waals surface area (Å²) in [4.78, 5) is 6.66. The fourth-order valence-corrected chi connectivity index (χ4v) is 2.56. The molecular weight excluding hydrogens is 277 g/mol. The van der Waals surface area contributed by atoms with Crippen LogP contribution in [0.15, 0.2) is 16.7 Å². The van der Waals surface area contributed by atoms with Gasteiger partial charge in [-0.2, -0.15) is 0 Å². The number of hydrogen-bond acceptors (Lipinski definition) is 3. The summed E-state index contributed by atoms with van der Waals surface area (Å²) in [7, 11) is 0. The predicted octanol–water partition coefficient (Wildman–Crippen LogP) is 2.30. The molecule has 3 nitrogen and oxygen atoms in total. The van der Waals surface area contributed by atoms with E-state index < -0.39 is 0 Å². The normalized spacial score (nSPS) is 16.2. The molecule has 5 heteroatoms. The number of halogens is 2. The van der Waals surface area contributed by atoms with Gasteiger partial charge in [-0.15, -0.1) is 0 Å². The molecule has 0 radical (unpaired) electrons. The van der Waals surface area contributed by atoms with Crippen molar-refractivity contribution < 1.29 is 0 Å². The molecule has 1 aliphatic rings. The third kappa shape index (κ3) is 2.27. The van der Waals surface area contributed by atoms with Crippen molar-refractivity contribution in [1.82, 2.24) is 10.3 Å². The third-order valence-corrected chi connectivity index (χ3v) is 3.39. The maximum atomic E-state index is 5.87. The van der Waals surface area contributed by atoms with Crippen LogP contribution in [-0.4, -0.2) is 30.7 Å². The van der Waals surface area contributed by atoms with Gasteiger partial charge in [0.05, 0.1) is 15.5 Å². The first-order valence-electron chi connectivity index (χ1n) is 5.00. The quantitative estimate of drug-likeness (QED) is 0.926. The number of likely N-dealkylation sites (N-methyl/N-ethyl adjacent to an activating group) is 1. The van der Waals surface area contributed by atoms with Crippen LogP contribution in [0.5, 0.6) is 0 Å². The number of rotatable bonds is 3. The molecule has 1 aliphatic heterocycles. The van der Waals surface area contributed by atoms with Gasteiger partial charge in [-0.3, -0.25) is 0 Å². The lowest BCUT2D eigenvalue weighted by molar-refractivity contribution is 0.415. The van der Waals surface area contributed by atoms with Crippen molar-refractivity contribution in [3.63, 3.8) is 0 Å². The highest BCUT2D eigenvalue weighted by molar-refractivity contribution is 9.10. The lowest BCUT2D eigenvalue weighted by Crippen LogP contribution is -2.57. The number of nitrogens with zero attached hydrogens (tertiary/aromatic N) is 2. The Morgan fingerprint density at radius 3 is 2.87 bits per heavy atom. The lowest BCUT2D eigenvalue weighted by atomic mass is 10.1. The van der Waals surface area contributed by atoms with Gasteiger partial charge in [-0.25, -0.2) is 4.98 Å². The van der Waals surface area contributed by atoms with Gasteiger partial charge in [0.1, 0.15) is 5.82 Å². The van der Waals surface area contributed by atoms with E-state index in [-0.39, 0.29) is 0 Å². The molecule has 1 saturated heterocycles. The molecule has 2 heterocycles. The van der Waals surface area contributed by atoms with E-state index in [0.29, 0.717) is 11.1 Å². The van der Waals surface area contributed by atoms with Gasteiger partial charge in [-0.1, -0.05) is 11.6 Å². The van der Waals surface area contributed by atoms with E-state index in [1.807, 2.05) is 6.07 Å². The number of anilines is 1. The highest BCUT2D eigenvalue weighted by Gasteiger charge is 2.25. The van der Waals surface area contributed by atoms with Crippen molar-refractivity contribution in [1.29, 1.82) is 0 Å². The molecule has 1 aromatic heterocycles. The van der Waals surface area contributed by atoms with E-state index in [1.54, 1.807) is 6.20 Å². The van der Waals surface area contributed by atoms with Crippen molar-refractivity contribution in [2.75, 3.05) is 24.5 Å². The Morgan fingerprint density at radius 2 is 2.40 bits per heavy atom. The zero-order valence-corrected chi connectivity index (χ0v) is 10.8. The van der Waals surface area contributed by atoms with Crippen LogP contribution in [-0.2, 0) is 0 Å². The Balaban J connectivity index is 2.25. The maximum Gasteiger partial charge on any atom is 0.143 e. The molecule has 0 saturated carbocycles. The number of pyridine rings is 1. The Labute approximate surface area is 103 Å². The first-order valence-corrected chi connectivity index (χ1v) is 6.18. The van der Waals surface area contributed by atoms with Crippen LogP contribution in [0.2, 0.25) is 5.02 Å². The summed E-state index contributed by atoms with van der Waals surface area (Å²) in [6.45, 7) is 5.16. The predicted molar refractivity (Wildman–Crippen MR) is 66.6 cm³/mol. The SMILES string of the molecule is CCN(c1ncc(Cl)cc1Br)C1CNC1. The van der Waals surface area contributed by atoms with E-state index in [1.165, 1.54) is 0 Å². The maximum absolute atomic E-state index is 5.87. The van der Waals surface area contributed by atoms with Crippen LogP contribution >= 0.6 is 27.5 Å². The van der Waals surface area contributed by atoms with Crippen LogP contribution in [0.4, 0.5) is 5.82 Å². The molecule has 0 spiro atoms. The van der Waals surface area contributed by atoms with Crippen molar-refractivity contribution in [2.24, 2.45) is 0 Å². The fourth-order valence-electron chi connectivity index (χ4n) is 1.69. The van der Waals surface area contributed by atoms with Crippen molar-refractivity contribution in [3.05, 3.63) is 21.8 Å². The van der Waals surface area contributed by atoms with Gasteiger partial charge >= 0.3 is 0 Å². The second-order valence-electron chi connectivity index (χ2n) is 3.56. The molecule has 0 aromatic carbocycles. The average molecular weight is 291 g/mol. The highest BCUT2D eigenvalue weighted by Crippen LogP contribution is 2.28.